The van der Waals surface area contributed by atoms with E-state index < -0.39 is 5.41 Å². The second kappa shape index (κ2) is 5.01. The summed E-state index contributed by atoms with van der Waals surface area (Å²) in [4.78, 5) is 23.4. The van der Waals surface area contributed by atoms with E-state index in [0.29, 0.717) is 25.1 Å². The quantitative estimate of drug-likeness (QED) is 0.767. The third-order valence-electron chi connectivity index (χ3n) is 3.37. The maximum atomic E-state index is 12.1. The Balaban J connectivity index is 2.11. The zero-order chi connectivity index (χ0) is 14.0. The molecular formula is C14H19N3O2. The average Bonchev–Trinajstić information content (AvgIpc) is 2.68. The summed E-state index contributed by atoms with van der Waals surface area (Å²) < 4.78 is 0. The van der Waals surface area contributed by atoms with Crippen molar-refractivity contribution in [2.45, 2.75) is 26.7 Å². The number of hydrogen-bond donors (Lipinski definition) is 3. The van der Waals surface area contributed by atoms with Crippen molar-refractivity contribution in [2.75, 3.05) is 17.2 Å². The molecule has 4 N–H and O–H groups in total. The van der Waals surface area contributed by atoms with Gasteiger partial charge in [-0.1, -0.05) is 13.8 Å². The normalized spacial score (nSPS) is 13.9. The molecule has 0 bridgehead atoms. The van der Waals surface area contributed by atoms with E-state index in [1.165, 1.54) is 0 Å². The van der Waals surface area contributed by atoms with Gasteiger partial charge in [0.2, 0.25) is 11.8 Å². The van der Waals surface area contributed by atoms with Crippen molar-refractivity contribution < 1.29 is 9.59 Å². The summed E-state index contributed by atoms with van der Waals surface area (Å²) in [5.74, 6) is -0.0721. The van der Waals surface area contributed by atoms with E-state index >= 15 is 0 Å². The zero-order valence-corrected chi connectivity index (χ0v) is 11.2. The highest BCUT2D eigenvalue weighted by molar-refractivity contribution is 6.00. The first-order chi connectivity index (χ1) is 8.92. The van der Waals surface area contributed by atoms with Crippen molar-refractivity contribution in [3.05, 3.63) is 23.8 Å². The van der Waals surface area contributed by atoms with Crippen LogP contribution in [-0.4, -0.2) is 18.4 Å². The molecule has 1 aliphatic rings. The Kier molecular flexibility index (Phi) is 3.57. The van der Waals surface area contributed by atoms with Crippen LogP contribution in [0.1, 0.15) is 25.8 Å². The van der Waals surface area contributed by atoms with E-state index in [0.717, 1.165) is 11.3 Å². The molecule has 102 valence electrons. The van der Waals surface area contributed by atoms with Gasteiger partial charge in [-0.2, -0.15) is 0 Å². The maximum Gasteiger partial charge on any atom is 0.230 e. The molecule has 1 heterocycles. The van der Waals surface area contributed by atoms with Crippen LogP contribution in [0.3, 0.4) is 0 Å². The van der Waals surface area contributed by atoms with Crippen LogP contribution in [0.15, 0.2) is 18.2 Å². The fourth-order valence-corrected chi connectivity index (χ4v) is 2.08. The van der Waals surface area contributed by atoms with Crippen LogP contribution in [0, 0.1) is 5.41 Å². The van der Waals surface area contributed by atoms with Gasteiger partial charge in [0, 0.05) is 16.8 Å². The first-order valence-electron chi connectivity index (χ1n) is 6.37. The molecule has 0 saturated heterocycles. The van der Waals surface area contributed by atoms with Gasteiger partial charge in [-0.25, -0.2) is 0 Å². The fourth-order valence-electron chi connectivity index (χ4n) is 2.08. The van der Waals surface area contributed by atoms with Gasteiger partial charge in [-0.15, -0.1) is 0 Å². The van der Waals surface area contributed by atoms with E-state index in [4.69, 9.17) is 5.73 Å². The number of hydrogen-bond acceptors (Lipinski definition) is 3. The minimum Gasteiger partial charge on any atom is -0.330 e. The first-order valence-corrected chi connectivity index (χ1v) is 6.37. The van der Waals surface area contributed by atoms with E-state index in [1.54, 1.807) is 6.07 Å². The summed E-state index contributed by atoms with van der Waals surface area (Å²) >= 11 is 0. The molecule has 0 fully saturated rings. The predicted molar refractivity (Wildman–Crippen MR) is 74.9 cm³/mol. The molecule has 2 rings (SSSR count). The Hall–Kier alpha value is -1.88. The number of amides is 2. The van der Waals surface area contributed by atoms with Crippen molar-refractivity contribution in [1.82, 2.24) is 0 Å². The van der Waals surface area contributed by atoms with Gasteiger partial charge in [-0.3, -0.25) is 9.59 Å². The third kappa shape index (κ3) is 2.93. The molecular weight excluding hydrogens is 242 g/mol. The Bertz CT molecular complexity index is 523. The molecule has 1 aromatic carbocycles. The van der Waals surface area contributed by atoms with E-state index in [-0.39, 0.29) is 11.8 Å². The maximum absolute atomic E-state index is 12.1. The number of carbonyl (C=O) groups is 2. The fraction of sp³-hybridized carbons (Fsp3) is 0.429. The Morgan fingerprint density at radius 2 is 2.21 bits per heavy atom. The van der Waals surface area contributed by atoms with Gasteiger partial charge < -0.3 is 16.4 Å². The Morgan fingerprint density at radius 3 is 2.89 bits per heavy atom. The van der Waals surface area contributed by atoms with Crippen LogP contribution in [0.5, 0.6) is 0 Å². The number of rotatable bonds is 4. The highest BCUT2D eigenvalue weighted by Crippen LogP contribution is 2.27. The minimum absolute atomic E-state index is 0.0121. The summed E-state index contributed by atoms with van der Waals surface area (Å²) in [6.07, 6.45) is 0.995. The molecule has 5 nitrogen and oxygen atoms in total. The zero-order valence-electron chi connectivity index (χ0n) is 11.2. The number of anilines is 2. The molecule has 0 spiro atoms. The summed E-state index contributed by atoms with van der Waals surface area (Å²) in [6, 6.07) is 5.44. The monoisotopic (exact) mass is 261 g/mol. The Morgan fingerprint density at radius 1 is 1.47 bits per heavy atom. The summed E-state index contributed by atoms with van der Waals surface area (Å²) in [5.41, 5.74) is 7.46. The van der Waals surface area contributed by atoms with E-state index in [2.05, 4.69) is 10.6 Å². The van der Waals surface area contributed by atoms with Crippen LogP contribution in [0.2, 0.25) is 0 Å². The Labute approximate surface area is 112 Å². The number of nitrogens with two attached hydrogens (primary N) is 1. The van der Waals surface area contributed by atoms with Gasteiger partial charge in [-0.05, 0) is 36.7 Å². The van der Waals surface area contributed by atoms with E-state index in [9.17, 15) is 9.59 Å². The highest BCUT2D eigenvalue weighted by atomic mass is 16.2. The van der Waals surface area contributed by atoms with Gasteiger partial charge in [0.25, 0.3) is 0 Å². The van der Waals surface area contributed by atoms with Gasteiger partial charge in [0.15, 0.2) is 0 Å². The second-order valence-electron chi connectivity index (χ2n) is 5.47. The number of nitrogens with one attached hydrogen (secondary N) is 2. The van der Waals surface area contributed by atoms with Crippen molar-refractivity contribution in [2.24, 2.45) is 11.1 Å². The lowest BCUT2D eigenvalue weighted by Crippen LogP contribution is -2.32. The number of carbonyl (C=O) groups excluding carboxylic acids is 2. The summed E-state index contributed by atoms with van der Waals surface area (Å²) in [6.45, 7) is 4.21. The molecule has 0 aromatic heterocycles. The molecule has 1 aromatic rings. The smallest absolute Gasteiger partial charge is 0.230 e. The van der Waals surface area contributed by atoms with Crippen molar-refractivity contribution >= 4 is 23.2 Å². The molecule has 2 amide bonds. The molecule has 0 aliphatic carbocycles. The molecule has 1 aliphatic heterocycles. The largest absolute Gasteiger partial charge is 0.330 e. The van der Waals surface area contributed by atoms with Crippen molar-refractivity contribution in [3.8, 4) is 0 Å². The lowest BCUT2D eigenvalue weighted by atomic mass is 9.88. The summed E-state index contributed by atoms with van der Waals surface area (Å²) in [7, 11) is 0. The average molecular weight is 261 g/mol. The highest BCUT2D eigenvalue weighted by Gasteiger charge is 2.27. The van der Waals surface area contributed by atoms with E-state index in [1.807, 2.05) is 26.0 Å². The standard InChI is InChI=1S/C14H19N3O2/c1-14(2,5-6-15)13(19)16-10-3-4-11-9(7-10)8-12(18)17-11/h3-4,7H,5-6,8,15H2,1-2H3,(H,16,19)(H,17,18). The molecule has 0 radical (unpaired) electrons. The molecule has 0 atom stereocenters. The van der Waals surface area contributed by atoms with Crippen LogP contribution in [0.25, 0.3) is 0 Å². The van der Waals surface area contributed by atoms with Gasteiger partial charge in [0.1, 0.15) is 0 Å². The third-order valence-corrected chi connectivity index (χ3v) is 3.37. The van der Waals surface area contributed by atoms with Crippen LogP contribution < -0.4 is 16.4 Å². The van der Waals surface area contributed by atoms with Crippen LogP contribution >= 0.6 is 0 Å². The first kappa shape index (κ1) is 13.5. The SMILES string of the molecule is CC(C)(CCN)C(=O)Nc1ccc2c(c1)CC(=O)N2. The van der Waals surface area contributed by atoms with Crippen molar-refractivity contribution in [1.29, 1.82) is 0 Å². The van der Waals surface area contributed by atoms with Crippen LogP contribution in [0.4, 0.5) is 11.4 Å². The molecule has 0 saturated carbocycles. The molecule has 5 heteroatoms. The lowest BCUT2D eigenvalue weighted by Gasteiger charge is -2.22. The number of benzene rings is 1. The minimum atomic E-state index is -0.498. The lowest BCUT2D eigenvalue weighted by molar-refractivity contribution is -0.124. The number of fused-ring (bicyclic) bond motifs is 1. The van der Waals surface area contributed by atoms with Crippen LogP contribution in [-0.2, 0) is 16.0 Å². The molecule has 0 unspecified atom stereocenters. The summed E-state index contributed by atoms with van der Waals surface area (Å²) in [5, 5.41) is 5.64. The van der Waals surface area contributed by atoms with Gasteiger partial charge >= 0.3 is 0 Å². The predicted octanol–water partition coefficient (Wildman–Crippen LogP) is 1.49. The second-order valence-corrected chi connectivity index (χ2v) is 5.47. The van der Waals surface area contributed by atoms with Gasteiger partial charge in [0.05, 0.1) is 6.42 Å². The molecule has 19 heavy (non-hydrogen) atoms. The van der Waals surface area contributed by atoms with Crippen molar-refractivity contribution in [3.63, 3.8) is 0 Å². The topological polar surface area (TPSA) is 84.2 Å².